The van der Waals surface area contributed by atoms with E-state index in [9.17, 15) is 4.79 Å². The maximum atomic E-state index is 12.9. The Bertz CT molecular complexity index is 1090. The minimum atomic E-state index is -0.122. The molecule has 1 amide bonds. The van der Waals surface area contributed by atoms with Crippen molar-refractivity contribution in [3.63, 3.8) is 0 Å². The van der Waals surface area contributed by atoms with E-state index in [-0.39, 0.29) is 5.91 Å². The molecule has 2 bridgehead atoms. The molecule has 2 aromatic rings. The Morgan fingerprint density at radius 3 is 2.55 bits per heavy atom. The first-order chi connectivity index (χ1) is 15.8. The van der Waals surface area contributed by atoms with Crippen molar-refractivity contribution in [3.8, 4) is 5.75 Å². The molecule has 3 unspecified atom stereocenters. The SMILES string of the molecule is C[N+](C)(Cc1ccc(NC(=O)C2=Cc3cc(Cl)c(Cl)cc3OCC2)cc1)C1CC2CCC1C2. The summed E-state index contributed by atoms with van der Waals surface area (Å²) < 4.78 is 6.81. The van der Waals surface area contributed by atoms with Gasteiger partial charge in [-0.25, -0.2) is 0 Å². The highest BCUT2D eigenvalue weighted by Gasteiger charge is 2.47. The summed E-state index contributed by atoms with van der Waals surface area (Å²) >= 11 is 12.3. The zero-order valence-electron chi connectivity index (χ0n) is 19.2. The van der Waals surface area contributed by atoms with Gasteiger partial charge < -0.3 is 14.5 Å². The van der Waals surface area contributed by atoms with Crippen LogP contribution in [0, 0.1) is 11.8 Å². The number of hydrogen-bond donors (Lipinski definition) is 1. The maximum Gasteiger partial charge on any atom is 0.251 e. The second kappa shape index (κ2) is 8.98. The molecule has 4 nitrogen and oxygen atoms in total. The van der Waals surface area contributed by atoms with Crippen LogP contribution in [0.15, 0.2) is 42.0 Å². The first-order valence-electron chi connectivity index (χ1n) is 11.8. The van der Waals surface area contributed by atoms with Crippen LogP contribution in [0.1, 0.15) is 43.2 Å². The third-order valence-electron chi connectivity index (χ3n) is 7.70. The molecule has 1 N–H and O–H groups in total. The maximum absolute atomic E-state index is 12.9. The number of halogens is 2. The molecular formula is C27H31Cl2N2O2+. The molecule has 2 saturated carbocycles. The molecule has 0 saturated heterocycles. The molecule has 0 radical (unpaired) electrons. The molecule has 0 spiro atoms. The Morgan fingerprint density at radius 1 is 1.09 bits per heavy atom. The number of anilines is 1. The van der Waals surface area contributed by atoms with E-state index in [0.717, 1.165) is 40.2 Å². The topological polar surface area (TPSA) is 38.3 Å². The van der Waals surface area contributed by atoms with Gasteiger partial charge in [0.05, 0.1) is 36.8 Å². The third-order valence-corrected chi connectivity index (χ3v) is 8.43. The van der Waals surface area contributed by atoms with E-state index >= 15 is 0 Å². The summed E-state index contributed by atoms with van der Waals surface area (Å²) in [5.74, 6) is 2.38. The van der Waals surface area contributed by atoms with Gasteiger partial charge in [-0.2, -0.15) is 0 Å². The van der Waals surface area contributed by atoms with Crippen molar-refractivity contribution in [2.45, 2.75) is 44.7 Å². The van der Waals surface area contributed by atoms with Crippen molar-refractivity contribution in [2.75, 3.05) is 26.0 Å². The highest BCUT2D eigenvalue weighted by molar-refractivity contribution is 6.42. The quantitative estimate of drug-likeness (QED) is 0.486. The largest absolute Gasteiger partial charge is 0.493 e. The molecule has 6 heteroatoms. The van der Waals surface area contributed by atoms with Gasteiger partial charge in [0.25, 0.3) is 5.91 Å². The van der Waals surface area contributed by atoms with Crippen molar-refractivity contribution in [1.82, 2.24) is 0 Å². The number of nitrogens with zero attached hydrogens (tertiary/aromatic N) is 1. The Hall–Kier alpha value is -2.01. The van der Waals surface area contributed by atoms with Gasteiger partial charge in [0.1, 0.15) is 12.3 Å². The number of benzene rings is 2. The minimum Gasteiger partial charge on any atom is -0.493 e. The fourth-order valence-corrected chi connectivity index (χ4v) is 6.38. The van der Waals surface area contributed by atoms with Gasteiger partial charge in [-0.15, -0.1) is 0 Å². The monoisotopic (exact) mass is 485 g/mol. The molecule has 2 aromatic carbocycles. The van der Waals surface area contributed by atoms with E-state index in [2.05, 4.69) is 31.5 Å². The van der Waals surface area contributed by atoms with Crippen LogP contribution in [-0.4, -0.2) is 37.1 Å². The first kappa shape index (κ1) is 22.8. The fourth-order valence-electron chi connectivity index (χ4n) is 6.05. The van der Waals surface area contributed by atoms with E-state index in [0.29, 0.717) is 34.4 Å². The summed E-state index contributed by atoms with van der Waals surface area (Å²) in [6.45, 7) is 1.43. The predicted molar refractivity (Wildman–Crippen MR) is 135 cm³/mol. The second-order valence-electron chi connectivity index (χ2n) is 10.4. The highest BCUT2D eigenvalue weighted by Crippen LogP contribution is 2.48. The molecule has 5 rings (SSSR count). The number of carbonyl (C=O) groups excluding carboxylic acids is 1. The summed E-state index contributed by atoms with van der Waals surface area (Å²) in [4.78, 5) is 12.9. The van der Waals surface area contributed by atoms with E-state index in [1.54, 1.807) is 12.1 Å². The lowest BCUT2D eigenvalue weighted by Gasteiger charge is -2.40. The number of hydrogen-bond acceptors (Lipinski definition) is 2. The summed E-state index contributed by atoms with van der Waals surface area (Å²) in [6, 6.07) is 12.5. The van der Waals surface area contributed by atoms with Gasteiger partial charge in [-0.05, 0) is 49.5 Å². The van der Waals surface area contributed by atoms with Crippen LogP contribution < -0.4 is 10.1 Å². The van der Waals surface area contributed by atoms with E-state index < -0.39 is 0 Å². The Kier molecular flexibility index (Phi) is 6.19. The van der Waals surface area contributed by atoms with Crippen LogP contribution in [-0.2, 0) is 11.3 Å². The molecule has 33 heavy (non-hydrogen) atoms. The normalized spacial score (nSPS) is 24.0. The van der Waals surface area contributed by atoms with Gasteiger partial charge in [0, 0.05) is 47.2 Å². The molecule has 174 valence electrons. The number of ether oxygens (including phenoxy) is 1. The molecular weight excluding hydrogens is 455 g/mol. The lowest BCUT2D eigenvalue weighted by molar-refractivity contribution is -0.931. The Balaban J connectivity index is 1.25. The number of rotatable bonds is 5. The first-order valence-corrected chi connectivity index (χ1v) is 12.6. The third kappa shape index (κ3) is 4.80. The van der Waals surface area contributed by atoms with Crippen LogP contribution in [0.4, 0.5) is 5.69 Å². The summed E-state index contributed by atoms with van der Waals surface area (Å²) in [7, 11) is 4.75. The van der Waals surface area contributed by atoms with Crippen LogP contribution in [0.2, 0.25) is 10.0 Å². The van der Waals surface area contributed by atoms with E-state index in [1.165, 1.54) is 31.2 Å². The van der Waals surface area contributed by atoms with Crippen molar-refractivity contribution >= 4 is 40.9 Å². The van der Waals surface area contributed by atoms with Crippen LogP contribution in [0.25, 0.3) is 6.08 Å². The minimum absolute atomic E-state index is 0.122. The molecule has 3 aliphatic rings. The number of fused-ring (bicyclic) bond motifs is 3. The van der Waals surface area contributed by atoms with Crippen LogP contribution in [0.5, 0.6) is 5.75 Å². The molecule has 0 aromatic heterocycles. The van der Waals surface area contributed by atoms with E-state index in [1.807, 2.05) is 18.2 Å². The van der Waals surface area contributed by atoms with Gasteiger partial charge in [-0.1, -0.05) is 35.3 Å². The average molecular weight is 486 g/mol. The highest BCUT2D eigenvalue weighted by atomic mass is 35.5. The van der Waals surface area contributed by atoms with Crippen molar-refractivity contribution in [1.29, 1.82) is 0 Å². The lowest BCUT2D eigenvalue weighted by Crippen LogP contribution is -2.50. The summed E-state index contributed by atoms with van der Waals surface area (Å²) in [6.07, 6.45) is 8.01. The Morgan fingerprint density at radius 2 is 1.85 bits per heavy atom. The summed E-state index contributed by atoms with van der Waals surface area (Å²) in [5.41, 5.74) is 3.53. The fraction of sp³-hybridized carbons (Fsp3) is 0.444. The number of carbonyl (C=O) groups is 1. The van der Waals surface area contributed by atoms with Crippen molar-refractivity contribution in [2.24, 2.45) is 11.8 Å². The summed E-state index contributed by atoms with van der Waals surface area (Å²) in [5, 5.41) is 3.92. The zero-order valence-corrected chi connectivity index (χ0v) is 20.8. The average Bonchev–Trinajstić information content (AvgIpc) is 3.36. The second-order valence-corrected chi connectivity index (χ2v) is 11.2. The zero-order chi connectivity index (χ0) is 23.2. The van der Waals surface area contributed by atoms with Crippen LogP contribution in [0.3, 0.4) is 0 Å². The molecule has 3 atom stereocenters. The van der Waals surface area contributed by atoms with E-state index in [4.69, 9.17) is 27.9 Å². The molecule has 2 aliphatic carbocycles. The lowest BCUT2D eigenvalue weighted by atomic mass is 9.92. The van der Waals surface area contributed by atoms with Gasteiger partial charge in [0.2, 0.25) is 0 Å². The predicted octanol–water partition coefficient (Wildman–Crippen LogP) is 6.56. The number of amides is 1. The standard InChI is InChI=1S/C27H30Cl2N2O2/c1-31(2,25-12-18-3-6-19(25)11-18)16-17-4-7-22(8-5-17)30-27(32)20-9-10-33-26-15-24(29)23(28)14-21(26)13-20/h4-5,7-8,13-15,18-19,25H,3,6,9-12,16H2,1-2H3/p+1. The molecule has 1 aliphatic heterocycles. The molecule has 1 heterocycles. The number of nitrogens with one attached hydrogen (secondary N) is 1. The Labute approximate surface area is 206 Å². The van der Waals surface area contributed by atoms with Gasteiger partial charge >= 0.3 is 0 Å². The van der Waals surface area contributed by atoms with Crippen LogP contribution >= 0.6 is 23.2 Å². The van der Waals surface area contributed by atoms with Crippen molar-refractivity contribution in [3.05, 3.63) is 63.1 Å². The van der Waals surface area contributed by atoms with Gasteiger partial charge in [0.15, 0.2) is 0 Å². The van der Waals surface area contributed by atoms with Crippen molar-refractivity contribution < 1.29 is 14.0 Å². The number of quaternary nitrogens is 1. The smallest absolute Gasteiger partial charge is 0.251 e. The van der Waals surface area contributed by atoms with Gasteiger partial charge in [-0.3, -0.25) is 4.79 Å². The molecule has 2 fully saturated rings.